The number of hydrogen-bond donors (Lipinski definition) is 0. The van der Waals surface area contributed by atoms with Crippen LogP contribution in [0.4, 0.5) is 0 Å². The number of aromatic nitrogens is 2. The molecule has 0 unspecified atom stereocenters. The summed E-state index contributed by atoms with van der Waals surface area (Å²) in [5, 5.41) is 20.1. The zero-order valence-electron chi connectivity index (χ0n) is 9.52. The molecule has 2 aromatic heterocycles. The van der Waals surface area contributed by atoms with Crippen molar-refractivity contribution in [1.29, 1.82) is 0 Å². The second kappa shape index (κ2) is 8.79. The summed E-state index contributed by atoms with van der Waals surface area (Å²) in [7, 11) is 0. The topological polar surface area (TPSA) is 106 Å². The molecule has 2 aromatic rings. The maximum atomic E-state index is 10.0. The largest absolute Gasteiger partial charge is 2.00 e. The first-order valence-electron chi connectivity index (χ1n) is 4.86. The second-order valence-corrected chi connectivity index (χ2v) is 3.00. The summed E-state index contributed by atoms with van der Waals surface area (Å²) in [6.45, 7) is 0. The van der Waals surface area contributed by atoms with E-state index in [4.69, 9.17) is 0 Å². The molecule has 0 aromatic carbocycles. The van der Waals surface area contributed by atoms with Gasteiger partial charge in [0.15, 0.2) is 0 Å². The minimum absolute atomic E-state index is 0. The fraction of sp³-hybridized carbons (Fsp3) is 0. The van der Waals surface area contributed by atoms with Gasteiger partial charge in [-0.05, 0) is 24.3 Å². The van der Waals surface area contributed by atoms with Gasteiger partial charge in [0, 0.05) is 12.4 Å². The first-order valence-corrected chi connectivity index (χ1v) is 4.86. The molecule has 0 atom stereocenters. The quantitative estimate of drug-likeness (QED) is 0.651. The Balaban J connectivity index is 0.000000324. The van der Waals surface area contributed by atoms with Crippen molar-refractivity contribution in [3.63, 3.8) is 0 Å². The monoisotopic (exact) mass is 299 g/mol. The van der Waals surface area contributed by atoms with Crippen LogP contribution in [0.2, 0.25) is 0 Å². The van der Waals surface area contributed by atoms with E-state index in [1.807, 2.05) is 0 Å². The Hall–Kier alpha value is -2.24. The van der Waals surface area contributed by atoms with E-state index in [-0.39, 0.29) is 28.5 Å². The molecule has 0 fully saturated rings. The van der Waals surface area contributed by atoms with Gasteiger partial charge in [0.1, 0.15) is 0 Å². The summed E-state index contributed by atoms with van der Waals surface area (Å²) >= 11 is 0. The van der Waals surface area contributed by atoms with Gasteiger partial charge in [-0.3, -0.25) is 9.97 Å². The third-order valence-corrected chi connectivity index (χ3v) is 1.75. The molecule has 6 nitrogen and oxygen atoms in total. The van der Waals surface area contributed by atoms with Gasteiger partial charge in [0.2, 0.25) is 0 Å². The molecule has 0 saturated heterocycles. The first kappa shape index (κ1) is 16.8. The second-order valence-electron chi connectivity index (χ2n) is 3.00. The number of rotatable bonds is 2. The molecular formula is C12H8MnN2O4. The minimum Gasteiger partial charge on any atom is -0.543 e. The molecule has 0 saturated carbocycles. The van der Waals surface area contributed by atoms with Gasteiger partial charge in [0.05, 0.1) is 23.3 Å². The van der Waals surface area contributed by atoms with Crippen LogP contribution in [0.25, 0.3) is 0 Å². The zero-order valence-corrected chi connectivity index (χ0v) is 10.7. The molecule has 0 aliphatic heterocycles. The van der Waals surface area contributed by atoms with Crippen molar-refractivity contribution >= 4 is 11.9 Å². The maximum absolute atomic E-state index is 10.0. The fourth-order valence-electron chi connectivity index (χ4n) is 0.967. The molecule has 0 N–H and O–H groups in total. The Morgan fingerprint density at radius 3 is 1.32 bits per heavy atom. The summed E-state index contributed by atoms with van der Waals surface area (Å²) in [5.41, 5.74) is -0.0602. The van der Waals surface area contributed by atoms with E-state index in [1.165, 1.54) is 24.5 Å². The minimum atomic E-state index is -1.24. The summed E-state index contributed by atoms with van der Waals surface area (Å²) in [6, 6.07) is 9.25. The summed E-state index contributed by atoms with van der Waals surface area (Å²) in [5.74, 6) is -2.48. The number of carbonyl (C=O) groups is 2. The zero-order chi connectivity index (χ0) is 13.4. The third-order valence-electron chi connectivity index (χ3n) is 1.75. The predicted octanol–water partition coefficient (Wildman–Crippen LogP) is -1.11. The molecule has 19 heavy (non-hydrogen) atoms. The van der Waals surface area contributed by atoms with Crippen molar-refractivity contribution in [1.82, 2.24) is 9.97 Å². The Labute approximate surface area is 119 Å². The Bertz CT molecular complexity index is 470. The van der Waals surface area contributed by atoms with Crippen LogP contribution < -0.4 is 10.2 Å². The normalized spacial score (nSPS) is 8.42. The van der Waals surface area contributed by atoms with Gasteiger partial charge in [-0.2, -0.15) is 0 Å². The number of pyridine rings is 2. The molecule has 1 radical (unpaired) electrons. The van der Waals surface area contributed by atoms with Crippen LogP contribution in [-0.4, -0.2) is 21.9 Å². The fourth-order valence-corrected chi connectivity index (χ4v) is 0.967. The van der Waals surface area contributed by atoms with Crippen molar-refractivity contribution in [2.45, 2.75) is 0 Å². The number of carbonyl (C=O) groups excluding carboxylic acids is 2. The maximum Gasteiger partial charge on any atom is 2.00 e. The van der Waals surface area contributed by atoms with E-state index in [1.54, 1.807) is 24.3 Å². The molecule has 7 heteroatoms. The van der Waals surface area contributed by atoms with Gasteiger partial charge >= 0.3 is 17.1 Å². The number of nitrogens with zero attached hydrogens (tertiary/aromatic N) is 2. The van der Waals surface area contributed by atoms with Crippen LogP contribution in [0, 0.1) is 0 Å². The van der Waals surface area contributed by atoms with Crippen LogP contribution in [0.1, 0.15) is 21.0 Å². The number of aromatic carboxylic acids is 2. The van der Waals surface area contributed by atoms with Crippen LogP contribution in [-0.2, 0) is 17.1 Å². The van der Waals surface area contributed by atoms with Crippen LogP contribution in [0.15, 0.2) is 48.8 Å². The van der Waals surface area contributed by atoms with E-state index in [0.29, 0.717) is 0 Å². The van der Waals surface area contributed by atoms with Crippen molar-refractivity contribution in [2.75, 3.05) is 0 Å². The molecule has 0 amide bonds. The predicted molar refractivity (Wildman–Crippen MR) is 57.1 cm³/mol. The Morgan fingerprint density at radius 2 is 1.16 bits per heavy atom. The molecular weight excluding hydrogens is 291 g/mol. The van der Waals surface area contributed by atoms with Crippen molar-refractivity contribution in [2.24, 2.45) is 0 Å². The Kier molecular flexibility index (Phi) is 7.76. The number of carboxylic acids is 2. The molecule has 2 heterocycles. The SMILES string of the molecule is O=C([O-])c1ccccn1.O=C([O-])c1ccccn1.[Mn+2]. The van der Waals surface area contributed by atoms with Crippen molar-refractivity contribution in [3.05, 3.63) is 60.2 Å². The van der Waals surface area contributed by atoms with Gasteiger partial charge in [0.25, 0.3) is 0 Å². The van der Waals surface area contributed by atoms with E-state index in [0.717, 1.165) is 0 Å². The van der Waals surface area contributed by atoms with Gasteiger partial charge in [-0.1, -0.05) is 12.1 Å². The van der Waals surface area contributed by atoms with Gasteiger partial charge in [-0.25, -0.2) is 0 Å². The average Bonchev–Trinajstić information content (AvgIpc) is 2.41. The molecule has 0 bridgehead atoms. The van der Waals surface area contributed by atoms with Gasteiger partial charge in [-0.15, -0.1) is 0 Å². The van der Waals surface area contributed by atoms with Crippen LogP contribution in [0.5, 0.6) is 0 Å². The Morgan fingerprint density at radius 1 is 0.789 bits per heavy atom. The average molecular weight is 299 g/mol. The number of hydrogen-bond acceptors (Lipinski definition) is 6. The molecule has 0 spiro atoms. The molecule has 97 valence electrons. The van der Waals surface area contributed by atoms with E-state index >= 15 is 0 Å². The molecule has 2 rings (SSSR count). The van der Waals surface area contributed by atoms with Crippen molar-refractivity contribution in [3.8, 4) is 0 Å². The van der Waals surface area contributed by atoms with Crippen molar-refractivity contribution < 1.29 is 36.9 Å². The smallest absolute Gasteiger partial charge is 0.543 e. The van der Waals surface area contributed by atoms with E-state index in [9.17, 15) is 19.8 Å². The van der Waals surface area contributed by atoms with Crippen LogP contribution >= 0.6 is 0 Å². The van der Waals surface area contributed by atoms with E-state index in [2.05, 4.69) is 9.97 Å². The molecule has 0 aliphatic carbocycles. The summed E-state index contributed by atoms with van der Waals surface area (Å²) in [6.07, 6.45) is 2.82. The standard InChI is InChI=1S/2C6H5NO2.Mn/c2*8-6(9)5-3-1-2-4-7-5;/h2*1-4H,(H,8,9);/q;;+2/p-2. The van der Waals surface area contributed by atoms with Crippen LogP contribution in [0.3, 0.4) is 0 Å². The van der Waals surface area contributed by atoms with E-state index < -0.39 is 11.9 Å². The van der Waals surface area contributed by atoms with Gasteiger partial charge < -0.3 is 19.8 Å². The number of carboxylic acid groups (broad SMARTS) is 2. The molecule has 0 aliphatic rings. The summed E-state index contributed by atoms with van der Waals surface area (Å²) in [4.78, 5) is 27.1. The first-order chi connectivity index (χ1) is 8.61. The third kappa shape index (κ3) is 6.30. The summed E-state index contributed by atoms with van der Waals surface area (Å²) < 4.78 is 0.